The molecule has 1 aliphatic carbocycles. The summed E-state index contributed by atoms with van der Waals surface area (Å²) in [6, 6.07) is 6.99. The van der Waals surface area contributed by atoms with Gasteiger partial charge in [0.25, 0.3) is 0 Å². The van der Waals surface area contributed by atoms with Gasteiger partial charge >= 0.3 is 0 Å². The van der Waals surface area contributed by atoms with E-state index in [-0.39, 0.29) is 0 Å². The van der Waals surface area contributed by atoms with Crippen molar-refractivity contribution in [2.24, 2.45) is 0 Å². The van der Waals surface area contributed by atoms with Gasteiger partial charge in [0.15, 0.2) is 5.82 Å². The molecule has 1 saturated carbocycles. The first-order valence-corrected chi connectivity index (χ1v) is 10.7. The van der Waals surface area contributed by atoms with Gasteiger partial charge in [0.2, 0.25) is 5.88 Å². The van der Waals surface area contributed by atoms with Gasteiger partial charge in [-0.1, -0.05) is 31.4 Å². The standard InChI is InChI=1S/C22H28N6O/c1-15-8-9-16(2)21-19(15)12-17-13-27(10-11-29-22(17)23-21)14-20-24-25-26-28(20)18-6-4-3-5-7-18/h8-9,12,18H,3-7,10-11,13-14H2,1-2H3. The molecular formula is C22H28N6O. The summed E-state index contributed by atoms with van der Waals surface area (Å²) in [5, 5.41) is 13.9. The van der Waals surface area contributed by atoms with Crippen LogP contribution in [0.1, 0.15) is 60.7 Å². The maximum Gasteiger partial charge on any atom is 0.218 e. The molecule has 7 nitrogen and oxygen atoms in total. The number of aromatic nitrogens is 5. The number of fused-ring (bicyclic) bond motifs is 2. The van der Waals surface area contributed by atoms with E-state index in [9.17, 15) is 0 Å². The minimum Gasteiger partial charge on any atom is -0.476 e. The largest absolute Gasteiger partial charge is 0.476 e. The molecule has 2 aliphatic rings. The minimum atomic E-state index is 0.445. The maximum atomic E-state index is 6.04. The highest BCUT2D eigenvalue weighted by Crippen LogP contribution is 2.31. The van der Waals surface area contributed by atoms with Crippen molar-refractivity contribution in [1.82, 2.24) is 30.1 Å². The molecule has 3 heterocycles. The lowest BCUT2D eigenvalue weighted by Gasteiger charge is -2.24. The molecule has 152 valence electrons. The lowest BCUT2D eigenvalue weighted by Crippen LogP contribution is -2.28. The van der Waals surface area contributed by atoms with Gasteiger partial charge in [-0.25, -0.2) is 9.67 Å². The van der Waals surface area contributed by atoms with E-state index < -0.39 is 0 Å². The first-order valence-electron chi connectivity index (χ1n) is 10.7. The van der Waals surface area contributed by atoms with Gasteiger partial charge in [-0.2, -0.15) is 0 Å². The molecule has 29 heavy (non-hydrogen) atoms. The van der Waals surface area contributed by atoms with E-state index in [0.29, 0.717) is 12.6 Å². The molecule has 5 rings (SSSR count). The van der Waals surface area contributed by atoms with Gasteiger partial charge in [0.1, 0.15) is 6.61 Å². The fourth-order valence-corrected chi connectivity index (χ4v) is 4.65. The lowest BCUT2D eigenvalue weighted by molar-refractivity contribution is 0.205. The van der Waals surface area contributed by atoms with Crippen LogP contribution in [0.2, 0.25) is 0 Å². The Labute approximate surface area is 171 Å². The second kappa shape index (κ2) is 7.71. The summed E-state index contributed by atoms with van der Waals surface area (Å²) >= 11 is 0. The summed E-state index contributed by atoms with van der Waals surface area (Å²) in [5.41, 5.74) is 4.61. The highest BCUT2D eigenvalue weighted by atomic mass is 16.5. The van der Waals surface area contributed by atoms with Crippen molar-refractivity contribution in [2.45, 2.75) is 65.1 Å². The Balaban J connectivity index is 1.41. The predicted octanol–water partition coefficient (Wildman–Crippen LogP) is 3.74. The van der Waals surface area contributed by atoms with Gasteiger partial charge in [0, 0.05) is 24.0 Å². The van der Waals surface area contributed by atoms with Gasteiger partial charge in [-0.3, -0.25) is 4.90 Å². The molecule has 0 spiro atoms. The van der Waals surface area contributed by atoms with Crippen molar-refractivity contribution in [3.05, 3.63) is 40.7 Å². The Morgan fingerprint density at radius 3 is 2.79 bits per heavy atom. The number of ether oxygens (including phenoxy) is 1. The molecule has 3 aromatic rings. The van der Waals surface area contributed by atoms with E-state index in [4.69, 9.17) is 9.72 Å². The highest BCUT2D eigenvalue weighted by molar-refractivity contribution is 5.86. The number of nitrogens with zero attached hydrogens (tertiary/aromatic N) is 6. The fourth-order valence-electron chi connectivity index (χ4n) is 4.65. The summed E-state index contributed by atoms with van der Waals surface area (Å²) in [6.07, 6.45) is 6.23. The molecule has 0 amide bonds. The van der Waals surface area contributed by atoms with Gasteiger partial charge < -0.3 is 4.74 Å². The molecule has 0 N–H and O–H groups in total. The third kappa shape index (κ3) is 3.59. The number of pyridine rings is 1. The van der Waals surface area contributed by atoms with Gasteiger partial charge in [-0.05, 0) is 54.3 Å². The van der Waals surface area contributed by atoms with E-state index in [1.54, 1.807) is 0 Å². The van der Waals surface area contributed by atoms with Gasteiger partial charge in [-0.15, -0.1) is 5.10 Å². The monoisotopic (exact) mass is 392 g/mol. The van der Waals surface area contributed by atoms with Crippen molar-refractivity contribution in [3.63, 3.8) is 0 Å². The number of aryl methyl sites for hydroxylation is 2. The normalized spacial score (nSPS) is 18.4. The third-order valence-electron chi connectivity index (χ3n) is 6.33. The van der Waals surface area contributed by atoms with Crippen molar-refractivity contribution in [1.29, 1.82) is 0 Å². The highest BCUT2D eigenvalue weighted by Gasteiger charge is 2.24. The summed E-state index contributed by atoms with van der Waals surface area (Å²) < 4.78 is 8.10. The van der Waals surface area contributed by atoms with Crippen molar-refractivity contribution < 1.29 is 4.74 Å². The van der Waals surface area contributed by atoms with Crippen LogP contribution in [-0.2, 0) is 13.1 Å². The molecule has 0 radical (unpaired) electrons. The Kier molecular flexibility index (Phi) is 4.91. The van der Waals surface area contributed by atoms with E-state index in [2.05, 4.69) is 57.2 Å². The van der Waals surface area contributed by atoms with Crippen LogP contribution in [0.25, 0.3) is 10.9 Å². The molecule has 0 bridgehead atoms. The summed E-state index contributed by atoms with van der Waals surface area (Å²) in [5.74, 6) is 1.72. The van der Waals surface area contributed by atoms with Crippen LogP contribution in [0.15, 0.2) is 18.2 Å². The Bertz CT molecular complexity index is 1020. The van der Waals surface area contributed by atoms with Crippen LogP contribution in [0.4, 0.5) is 0 Å². The number of hydrogen-bond donors (Lipinski definition) is 0. The molecule has 1 fully saturated rings. The lowest BCUT2D eigenvalue weighted by atomic mass is 9.95. The Hall–Kier alpha value is -2.54. The second-order valence-electron chi connectivity index (χ2n) is 8.44. The molecule has 0 unspecified atom stereocenters. The molecular weight excluding hydrogens is 364 g/mol. The molecule has 1 aliphatic heterocycles. The van der Waals surface area contributed by atoms with E-state index >= 15 is 0 Å². The molecule has 1 aromatic carbocycles. The topological polar surface area (TPSA) is 69.0 Å². The zero-order valence-electron chi connectivity index (χ0n) is 17.3. The van der Waals surface area contributed by atoms with Crippen molar-refractivity contribution >= 4 is 10.9 Å². The van der Waals surface area contributed by atoms with Crippen molar-refractivity contribution in [3.8, 4) is 5.88 Å². The van der Waals surface area contributed by atoms with Crippen LogP contribution >= 0.6 is 0 Å². The average Bonchev–Trinajstić information content (AvgIpc) is 3.10. The summed E-state index contributed by atoms with van der Waals surface area (Å²) in [6.45, 7) is 7.24. The van der Waals surface area contributed by atoms with Crippen LogP contribution in [0.5, 0.6) is 5.88 Å². The zero-order chi connectivity index (χ0) is 19.8. The van der Waals surface area contributed by atoms with E-state index in [0.717, 1.165) is 42.4 Å². The quantitative estimate of drug-likeness (QED) is 0.676. The first-order chi connectivity index (χ1) is 14.2. The van der Waals surface area contributed by atoms with Crippen LogP contribution in [0.3, 0.4) is 0 Å². The number of hydrogen-bond acceptors (Lipinski definition) is 6. The maximum absolute atomic E-state index is 6.04. The minimum absolute atomic E-state index is 0.445. The molecule has 2 aromatic heterocycles. The number of benzene rings is 1. The SMILES string of the molecule is Cc1ccc(C)c2nc3c(cc12)CN(Cc1nnnn1C1CCCCC1)CCO3. The number of tetrazole rings is 1. The molecule has 7 heteroatoms. The van der Waals surface area contributed by atoms with Crippen LogP contribution in [0, 0.1) is 13.8 Å². The summed E-state index contributed by atoms with van der Waals surface area (Å²) in [4.78, 5) is 7.23. The second-order valence-corrected chi connectivity index (χ2v) is 8.44. The van der Waals surface area contributed by atoms with E-state index in [1.807, 2.05) is 0 Å². The van der Waals surface area contributed by atoms with Crippen molar-refractivity contribution in [2.75, 3.05) is 13.2 Å². The summed E-state index contributed by atoms with van der Waals surface area (Å²) in [7, 11) is 0. The number of rotatable bonds is 3. The fraction of sp³-hybridized carbons (Fsp3) is 0.545. The van der Waals surface area contributed by atoms with Crippen LogP contribution < -0.4 is 4.74 Å². The average molecular weight is 393 g/mol. The third-order valence-corrected chi connectivity index (χ3v) is 6.33. The Morgan fingerprint density at radius 2 is 1.93 bits per heavy atom. The zero-order valence-corrected chi connectivity index (χ0v) is 17.3. The Morgan fingerprint density at radius 1 is 1.10 bits per heavy atom. The van der Waals surface area contributed by atoms with Crippen LogP contribution in [-0.4, -0.2) is 43.2 Å². The van der Waals surface area contributed by atoms with Gasteiger partial charge in [0.05, 0.1) is 18.1 Å². The van der Waals surface area contributed by atoms with E-state index in [1.165, 1.54) is 48.6 Å². The molecule has 0 saturated heterocycles. The molecule has 0 atom stereocenters. The predicted molar refractivity (Wildman–Crippen MR) is 111 cm³/mol. The first kappa shape index (κ1) is 18.5. The smallest absolute Gasteiger partial charge is 0.218 e.